The summed E-state index contributed by atoms with van der Waals surface area (Å²) in [5.74, 6) is 0.791. The number of carbonyl (C=O) groups excluding carboxylic acids is 1. The first-order valence-electron chi connectivity index (χ1n) is 9.34. The third kappa shape index (κ3) is 4.19. The molecule has 0 aromatic heterocycles. The largest absolute Gasteiger partial charge is 0.507 e. The first-order valence-corrected chi connectivity index (χ1v) is 9.72. The van der Waals surface area contributed by atoms with Crippen molar-refractivity contribution in [2.45, 2.75) is 46.0 Å². The first-order chi connectivity index (χ1) is 12.9. The zero-order chi connectivity index (χ0) is 19.6. The Labute approximate surface area is 165 Å². The van der Waals surface area contributed by atoms with Gasteiger partial charge in [-0.1, -0.05) is 29.8 Å². The van der Waals surface area contributed by atoms with E-state index in [1.165, 1.54) is 5.57 Å². The van der Waals surface area contributed by atoms with E-state index in [2.05, 4.69) is 26.5 Å². The molecule has 1 N–H and O–H groups in total. The molecule has 2 aromatic carbocycles. The second kappa shape index (κ2) is 8.18. The van der Waals surface area contributed by atoms with Crippen molar-refractivity contribution < 1.29 is 14.6 Å². The van der Waals surface area contributed by atoms with Crippen LogP contribution in [0.4, 0.5) is 0 Å². The van der Waals surface area contributed by atoms with Crippen molar-refractivity contribution in [3.8, 4) is 11.5 Å². The molecule has 1 aliphatic rings. The smallest absolute Gasteiger partial charge is 0.335 e. The Hall–Kier alpha value is -2.26. The second-order valence-electron chi connectivity index (χ2n) is 7.42. The minimum atomic E-state index is -0.495. The van der Waals surface area contributed by atoms with Gasteiger partial charge < -0.3 is 9.84 Å². The number of hydrogen-bond donors (Lipinski definition) is 1. The van der Waals surface area contributed by atoms with Crippen LogP contribution in [0.15, 0.2) is 42.5 Å². The summed E-state index contributed by atoms with van der Waals surface area (Å²) < 4.78 is 5.64. The van der Waals surface area contributed by atoms with Crippen LogP contribution in [0, 0.1) is 5.92 Å². The van der Waals surface area contributed by atoms with Crippen LogP contribution in [0.25, 0.3) is 10.8 Å². The quantitative estimate of drug-likeness (QED) is 0.291. The molecule has 2 aromatic rings. The Morgan fingerprint density at radius 3 is 2.81 bits per heavy atom. The standard InChI is InChI=1S/C23H25ClO3/c1-4-21(25)27-23-18-11-9-16(24)13-19(18)22(26)17-10-8-15(12-20(17)23)7-5-6-14(2)3/h4,6,9,11,13,15,26H,1,5,7-8,10,12H2,2-3H3. The predicted molar refractivity (Wildman–Crippen MR) is 111 cm³/mol. The maximum absolute atomic E-state index is 12.0. The minimum absolute atomic E-state index is 0.253. The van der Waals surface area contributed by atoms with Crippen molar-refractivity contribution in [3.05, 3.63) is 58.7 Å². The van der Waals surface area contributed by atoms with E-state index in [1.807, 2.05) is 0 Å². The van der Waals surface area contributed by atoms with Crippen molar-refractivity contribution in [2.24, 2.45) is 5.92 Å². The molecule has 0 fully saturated rings. The molecular weight excluding hydrogens is 360 g/mol. The Bertz CT molecular complexity index is 923. The van der Waals surface area contributed by atoms with Gasteiger partial charge in [-0.25, -0.2) is 4.79 Å². The van der Waals surface area contributed by atoms with Crippen molar-refractivity contribution >= 4 is 28.3 Å². The summed E-state index contributed by atoms with van der Waals surface area (Å²) in [6, 6.07) is 5.27. The van der Waals surface area contributed by atoms with E-state index < -0.39 is 5.97 Å². The lowest BCUT2D eigenvalue weighted by atomic mass is 9.79. The zero-order valence-electron chi connectivity index (χ0n) is 15.8. The molecule has 0 saturated heterocycles. The number of ether oxygens (including phenoxy) is 1. The number of aromatic hydroxyl groups is 1. The summed E-state index contributed by atoms with van der Waals surface area (Å²) >= 11 is 6.12. The van der Waals surface area contributed by atoms with Crippen LogP contribution in [-0.4, -0.2) is 11.1 Å². The van der Waals surface area contributed by atoms with Gasteiger partial charge >= 0.3 is 5.97 Å². The van der Waals surface area contributed by atoms with Crippen LogP contribution in [0.1, 0.15) is 44.2 Å². The van der Waals surface area contributed by atoms with Crippen LogP contribution in [0.5, 0.6) is 11.5 Å². The van der Waals surface area contributed by atoms with Crippen LogP contribution in [-0.2, 0) is 17.6 Å². The highest BCUT2D eigenvalue weighted by Crippen LogP contribution is 2.46. The topological polar surface area (TPSA) is 46.5 Å². The van der Waals surface area contributed by atoms with Gasteiger partial charge in [-0.15, -0.1) is 0 Å². The van der Waals surface area contributed by atoms with Gasteiger partial charge in [0.1, 0.15) is 11.5 Å². The number of rotatable bonds is 5. The normalized spacial score (nSPS) is 15.9. The highest BCUT2D eigenvalue weighted by molar-refractivity contribution is 6.31. The SMILES string of the molecule is C=CC(=O)Oc1c2c(c(O)c3cc(Cl)ccc13)CCC(CCC=C(C)C)C2. The van der Waals surface area contributed by atoms with E-state index in [9.17, 15) is 9.90 Å². The van der Waals surface area contributed by atoms with Crippen molar-refractivity contribution in [3.63, 3.8) is 0 Å². The fourth-order valence-corrected chi connectivity index (χ4v) is 4.02. The molecule has 1 unspecified atom stereocenters. The molecule has 0 spiro atoms. The fourth-order valence-electron chi connectivity index (χ4n) is 3.85. The summed E-state index contributed by atoms with van der Waals surface area (Å²) in [5, 5.41) is 12.7. The lowest BCUT2D eigenvalue weighted by Crippen LogP contribution is -2.17. The first kappa shape index (κ1) is 19.5. The summed E-state index contributed by atoms with van der Waals surface area (Å²) in [7, 11) is 0. The molecule has 0 amide bonds. The molecule has 3 rings (SSSR count). The van der Waals surface area contributed by atoms with E-state index in [0.29, 0.717) is 27.5 Å². The fraction of sp³-hybridized carbons (Fsp3) is 0.348. The van der Waals surface area contributed by atoms with Gasteiger partial charge in [0.2, 0.25) is 0 Å². The van der Waals surface area contributed by atoms with Gasteiger partial charge in [-0.05, 0) is 70.1 Å². The molecule has 0 heterocycles. The molecule has 3 nitrogen and oxygen atoms in total. The molecule has 0 saturated carbocycles. The molecule has 142 valence electrons. The summed E-state index contributed by atoms with van der Waals surface area (Å²) in [5.41, 5.74) is 3.13. The zero-order valence-corrected chi connectivity index (χ0v) is 16.6. The third-order valence-electron chi connectivity index (χ3n) is 5.20. The Balaban J connectivity index is 2.06. The van der Waals surface area contributed by atoms with E-state index in [4.69, 9.17) is 16.3 Å². The summed E-state index contributed by atoms with van der Waals surface area (Å²) in [6.45, 7) is 7.72. The number of halogens is 1. The van der Waals surface area contributed by atoms with Crippen LogP contribution >= 0.6 is 11.6 Å². The number of allylic oxidation sites excluding steroid dienone is 2. The van der Waals surface area contributed by atoms with Crippen LogP contribution in [0.3, 0.4) is 0 Å². The number of phenols is 1. The molecular formula is C23H25ClO3. The van der Waals surface area contributed by atoms with E-state index >= 15 is 0 Å². The molecule has 1 aliphatic carbocycles. The number of esters is 1. The Morgan fingerprint density at radius 2 is 2.11 bits per heavy atom. The third-order valence-corrected chi connectivity index (χ3v) is 5.43. The lowest BCUT2D eigenvalue weighted by Gasteiger charge is -2.28. The van der Waals surface area contributed by atoms with Gasteiger partial charge in [-0.3, -0.25) is 0 Å². The van der Waals surface area contributed by atoms with Gasteiger partial charge in [-0.2, -0.15) is 0 Å². The predicted octanol–water partition coefficient (Wildman–Crippen LogP) is 6.14. The van der Waals surface area contributed by atoms with Crippen molar-refractivity contribution in [2.75, 3.05) is 0 Å². The van der Waals surface area contributed by atoms with Crippen LogP contribution in [0.2, 0.25) is 5.02 Å². The Kier molecular flexibility index (Phi) is 5.91. The number of carbonyl (C=O) groups is 1. The van der Waals surface area contributed by atoms with Crippen LogP contribution < -0.4 is 4.74 Å². The maximum Gasteiger partial charge on any atom is 0.335 e. The lowest BCUT2D eigenvalue weighted by molar-refractivity contribution is -0.128. The van der Waals surface area contributed by atoms with Gasteiger partial charge in [0.15, 0.2) is 0 Å². The van der Waals surface area contributed by atoms with Gasteiger partial charge in [0.05, 0.1) is 0 Å². The molecule has 4 heteroatoms. The second-order valence-corrected chi connectivity index (χ2v) is 7.85. The maximum atomic E-state index is 12.0. The number of fused-ring (bicyclic) bond motifs is 2. The Morgan fingerprint density at radius 1 is 1.33 bits per heavy atom. The number of hydrogen-bond acceptors (Lipinski definition) is 3. The number of phenolic OH excluding ortho intramolecular Hbond substituents is 1. The molecule has 27 heavy (non-hydrogen) atoms. The monoisotopic (exact) mass is 384 g/mol. The summed E-state index contributed by atoms with van der Waals surface area (Å²) in [4.78, 5) is 12.0. The number of benzene rings is 2. The highest BCUT2D eigenvalue weighted by Gasteiger charge is 2.27. The molecule has 0 radical (unpaired) electrons. The molecule has 0 aliphatic heterocycles. The highest BCUT2D eigenvalue weighted by atomic mass is 35.5. The molecule has 0 bridgehead atoms. The summed E-state index contributed by atoms with van der Waals surface area (Å²) in [6.07, 6.45) is 8.11. The average molecular weight is 385 g/mol. The minimum Gasteiger partial charge on any atom is -0.507 e. The van der Waals surface area contributed by atoms with Crippen molar-refractivity contribution in [1.82, 2.24) is 0 Å². The molecule has 1 atom stereocenters. The average Bonchev–Trinajstić information content (AvgIpc) is 2.64. The van der Waals surface area contributed by atoms with E-state index in [-0.39, 0.29) is 5.75 Å². The van der Waals surface area contributed by atoms with Crippen molar-refractivity contribution in [1.29, 1.82) is 0 Å². The van der Waals surface area contributed by atoms with Gasteiger partial charge in [0.25, 0.3) is 0 Å². The van der Waals surface area contributed by atoms with E-state index in [1.54, 1.807) is 18.2 Å². The van der Waals surface area contributed by atoms with Gasteiger partial charge in [0, 0.05) is 33.0 Å². The van der Waals surface area contributed by atoms with E-state index in [0.717, 1.165) is 49.3 Å².